The SMILES string of the molecule is O=C(O)N1CCC(=Cc2cccc(Oc3ccc(F)cn3)c2)CC1. The molecule has 1 aromatic carbocycles. The molecule has 24 heavy (non-hydrogen) atoms. The average molecular weight is 328 g/mol. The van der Waals surface area contributed by atoms with Gasteiger partial charge in [0.05, 0.1) is 6.20 Å². The summed E-state index contributed by atoms with van der Waals surface area (Å²) in [5.41, 5.74) is 2.19. The van der Waals surface area contributed by atoms with Gasteiger partial charge in [-0.2, -0.15) is 0 Å². The first-order chi connectivity index (χ1) is 11.6. The zero-order valence-electron chi connectivity index (χ0n) is 13.0. The summed E-state index contributed by atoms with van der Waals surface area (Å²) in [4.78, 5) is 16.2. The molecule has 1 amide bonds. The van der Waals surface area contributed by atoms with E-state index in [1.54, 1.807) is 6.07 Å². The second-order valence-electron chi connectivity index (χ2n) is 5.56. The van der Waals surface area contributed by atoms with E-state index in [-0.39, 0.29) is 0 Å². The van der Waals surface area contributed by atoms with Crippen LogP contribution < -0.4 is 4.74 Å². The quantitative estimate of drug-likeness (QED) is 0.918. The van der Waals surface area contributed by atoms with Gasteiger partial charge in [-0.05, 0) is 36.6 Å². The molecule has 1 saturated heterocycles. The smallest absolute Gasteiger partial charge is 0.407 e. The lowest BCUT2D eigenvalue weighted by Crippen LogP contribution is -2.35. The van der Waals surface area contributed by atoms with Gasteiger partial charge in [-0.15, -0.1) is 0 Å². The van der Waals surface area contributed by atoms with Gasteiger partial charge in [-0.3, -0.25) is 0 Å². The number of hydrogen-bond donors (Lipinski definition) is 1. The molecule has 0 spiro atoms. The lowest BCUT2D eigenvalue weighted by molar-refractivity contribution is 0.142. The van der Waals surface area contributed by atoms with Crippen molar-refractivity contribution in [2.75, 3.05) is 13.1 Å². The topological polar surface area (TPSA) is 62.7 Å². The van der Waals surface area contributed by atoms with Crippen molar-refractivity contribution in [1.29, 1.82) is 0 Å². The standard InChI is InChI=1S/C18H17FN2O3/c19-15-4-5-17(20-12-15)24-16-3-1-2-14(11-16)10-13-6-8-21(9-7-13)18(22)23/h1-5,10-12H,6-9H2,(H,22,23). The van der Waals surface area contributed by atoms with Crippen molar-refractivity contribution in [3.8, 4) is 11.6 Å². The van der Waals surface area contributed by atoms with Crippen LogP contribution in [0, 0.1) is 5.82 Å². The fraction of sp³-hybridized carbons (Fsp3) is 0.222. The molecule has 0 unspecified atom stereocenters. The summed E-state index contributed by atoms with van der Waals surface area (Å²) in [5.74, 6) is 0.538. The summed E-state index contributed by atoms with van der Waals surface area (Å²) >= 11 is 0. The van der Waals surface area contributed by atoms with Gasteiger partial charge in [0.1, 0.15) is 11.6 Å². The number of carbonyl (C=O) groups is 1. The van der Waals surface area contributed by atoms with Gasteiger partial charge in [-0.25, -0.2) is 14.2 Å². The molecule has 0 saturated carbocycles. The number of hydrogen-bond acceptors (Lipinski definition) is 3. The van der Waals surface area contributed by atoms with E-state index in [1.807, 2.05) is 18.2 Å². The molecule has 0 bridgehead atoms. The summed E-state index contributed by atoms with van der Waals surface area (Å²) in [7, 11) is 0. The van der Waals surface area contributed by atoms with Gasteiger partial charge in [0.25, 0.3) is 0 Å². The Labute approximate surface area is 139 Å². The van der Waals surface area contributed by atoms with Gasteiger partial charge in [-0.1, -0.05) is 23.8 Å². The van der Waals surface area contributed by atoms with Gasteiger partial charge in [0.15, 0.2) is 0 Å². The molecule has 0 aliphatic carbocycles. The van der Waals surface area contributed by atoms with Crippen molar-refractivity contribution in [1.82, 2.24) is 9.88 Å². The molecule has 3 rings (SSSR count). The number of aromatic nitrogens is 1. The second kappa shape index (κ2) is 7.12. The van der Waals surface area contributed by atoms with Gasteiger partial charge >= 0.3 is 6.09 Å². The zero-order chi connectivity index (χ0) is 16.9. The Morgan fingerprint density at radius 2 is 2.04 bits per heavy atom. The zero-order valence-corrected chi connectivity index (χ0v) is 13.0. The van der Waals surface area contributed by atoms with Gasteiger partial charge < -0.3 is 14.7 Å². The minimum atomic E-state index is -0.865. The van der Waals surface area contributed by atoms with E-state index in [0.717, 1.165) is 24.6 Å². The lowest BCUT2D eigenvalue weighted by atomic mass is 10.0. The molecule has 2 heterocycles. The Bertz CT molecular complexity index is 749. The normalized spacial score (nSPS) is 14.4. The van der Waals surface area contributed by atoms with Crippen molar-refractivity contribution < 1.29 is 19.0 Å². The predicted molar refractivity (Wildman–Crippen MR) is 87.5 cm³/mol. The molecular weight excluding hydrogens is 311 g/mol. The van der Waals surface area contributed by atoms with Gasteiger partial charge in [0, 0.05) is 19.2 Å². The number of likely N-dealkylation sites (tertiary alicyclic amines) is 1. The largest absolute Gasteiger partial charge is 0.465 e. The van der Waals surface area contributed by atoms with Crippen LogP contribution in [0.1, 0.15) is 18.4 Å². The Balaban J connectivity index is 1.68. The predicted octanol–water partition coefficient (Wildman–Crippen LogP) is 4.17. The average Bonchev–Trinajstić information content (AvgIpc) is 2.58. The summed E-state index contributed by atoms with van der Waals surface area (Å²) in [6.45, 7) is 1.05. The molecule has 1 aliphatic heterocycles. The van der Waals surface area contributed by atoms with E-state index >= 15 is 0 Å². The summed E-state index contributed by atoms with van der Waals surface area (Å²) in [5, 5.41) is 8.97. The number of pyridine rings is 1. The van der Waals surface area contributed by atoms with Crippen LogP contribution in [0.4, 0.5) is 9.18 Å². The first kappa shape index (κ1) is 16.0. The highest BCUT2D eigenvalue weighted by Gasteiger charge is 2.17. The molecule has 1 fully saturated rings. The van der Waals surface area contributed by atoms with Crippen LogP contribution in [0.2, 0.25) is 0 Å². The molecule has 124 valence electrons. The van der Waals surface area contributed by atoms with E-state index in [0.29, 0.717) is 24.7 Å². The molecule has 1 aliphatic rings. The molecule has 2 aromatic rings. The fourth-order valence-corrected chi connectivity index (χ4v) is 2.58. The Kier molecular flexibility index (Phi) is 4.74. The van der Waals surface area contributed by atoms with E-state index in [9.17, 15) is 9.18 Å². The lowest BCUT2D eigenvalue weighted by Gasteiger charge is -2.25. The van der Waals surface area contributed by atoms with E-state index in [1.165, 1.54) is 22.6 Å². The van der Waals surface area contributed by atoms with Crippen LogP contribution in [0.5, 0.6) is 11.6 Å². The van der Waals surface area contributed by atoms with Crippen molar-refractivity contribution in [3.05, 3.63) is 59.5 Å². The first-order valence-corrected chi connectivity index (χ1v) is 7.67. The number of rotatable bonds is 3. The maximum atomic E-state index is 12.9. The Morgan fingerprint density at radius 3 is 2.71 bits per heavy atom. The maximum Gasteiger partial charge on any atom is 0.407 e. The summed E-state index contributed by atoms with van der Waals surface area (Å²) in [6.07, 6.45) is 3.77. The number of ether oxygens (including phenoxy) is 1. The number of carboxylic acid groups (broad SMARTS) is 1. The monoisotopic (exact) mass is 328 g/mol. The highest BCUT2D eigenvalue weighted by atomic mass is 19.1. The minimum absolute atomic E-state index is 0.330. The maximum absolute atomic E-state index is 12.9. The van der Waals surface area contributed by atoms with Crippen LogP contribution in [-0.4, -0.2) is 34.2 Å². The van der Waals surface area contributed by atoms with E-state index in [2.05, 4.69) is 11.1 Å². The Hall–Kier alpha value is -2.89. The molecular formula is C18H17FN2O3. The van der Waals surface area contributed by atoms with Gasteiger partial charge in [0.2, 0.25) is 5.88 Å². The molecule has 1 aromatic heterocycles. The third-order valence-corrected chi connectivity index (χ3v) is 3.83. The molecule has 1 N–H and O–H groups in total. The molecule has 6 heteroatoms. The summed E-state index contributed by atoms with van der Waals surface area (Å²) in [6, 6.07) is 10.3. The minimum Gasteiger partial charge on any atom is -0.465 e. The van der Waals surface area contributed by atoms with Crippen molar-refractivity contribution >= 4 is 12.2 Å². The van der Waals surface area contributed by atoms with Crippen LogP contribution in [0.15, 0.2) is 48.2 Å². The first-order valence-electron chi connectivity index (χ1n) is 7.67. The Morgan fingerprint density at radius 1 is 1.25 bits per heavy atom. The van der Waals surface area contributed by atoms with Crippen LogP contribution in [0.3, 0.4) is 0 Å². The number of nitrogens with zero attached hydrogens (tertiary/aromatic N) is 2. The molecule has 0 radical (unpaired) electrons. The highest BCUT2D eigenvalue weighted by molar-refractivity contribution is 5.65. The fourth-order valence-electron chi connectivity index (χ4n) is 2.58. The van der Waals surface area contributed by atoms with Crippen LogP contribution in [0.25, 0.3) is 6.08 Å². The van der Waals surface area contributed by atoms with E-state index < -0.39 is 11.9 Å². The van der Waals surface area contributed by atoms with Crippen molar-refractivity contribution in [3.63, 3.8) is 0 Å². The third kappa shape index (κ3) is 4.10. The van der Waals surface area contributed by atoms with E-state index in [4.69, 9.17) is 9.84 Å². The second-order valence-corrected chi connectivity index (χ2v) is 5.56. The highest BCUT2D eigenvalue weighted by Crippen LogP contribution is 2.24. The molecule has 0 atom stereocenters. The molecule has 5 nitrogen and oxygen atoms in total. The number of benzene rings is 1. The third-order valence-electron chi connectivity index (χ3n) is 3.83. The van der Waals surface area contributed by atoms with Crippen LogP contribution in [-0.2, 0) is 0 Å². The van der Waals surface area contributed by atoms with Crippen LogP contribution >= 0.6 is 0 Å². The summed E-state index contributed by atoms with van der Waals surface area (Å²) < 4.78 is 18.5. The van der Waals surface area contributed by atoms with Crippen molar-refractivity contribution in [2.45, 2.75) is 12.8 Å². The number of amides is 1. The number of halogens is 1. The number of piperidine rings is 1. The van der Waals surface area contributed by atoms with Crippen molar-refractivity contribution in [2.24, 2.45) is 0 Å².